The van der Waals surface area contributed by atoms with Crippen LogP contribution in [0.15, 0.2) is 72.8 Å². The van der Waals surface area contributed by atoms with E-state index < -0.39 is 0 Å². The summed E-state index contributed by atoms with van der Waals surface area (Å²) in [5.41, 5.74) is 2.91. The number of hydrogen-bond acceptors (Lipinski definition) is 1. The van der Waals surface area contributed by atoms with Gasteiger partial charge in [-0.3, -0.25) is 0 Å². The molecule has 1 amide bonds. The molecule has 0 N–H and O–H groups in total. The third-order valence-corrected chi connectivity index (χ3v) is 6.54. The molecule has 4 heteroatoms. The second kappa shape index (κ2) is 6.45. The van der Waals surface area contributed by atoms with E-state index in [1.54, 1.807) is 0 Å². The predicted molar refractivity (Wildman–Crippen MR) is 100 cm³/mol. The fraction of sp³-hybridized carbons (Fsp3) is 0.0500. The Morgan fingerprint density at radius 1 is 0.875 bits per heavy atom. The van der Waals surface area contributed by atoms with Crippen LogP contribution in [0.1, 0.15) is 5.56 Å². The SMILES string of the molecule is O=C(Cc1ccccc1)N1c2ccccc2[Se]c2ccc(Cl)cc21. The summed E-state index contributed by atoms with van der Waals surface area (Å²) in [4.78, 5) is 14.9. The summed E-state index contributed by atoms with van der Waals surface area (Å²) < 4.78 is 2.41. The summed E-state index contributed by atoms with van der Waals surface area (Å²) in [7, 11) is 0. The van der Waals surface area contributed by atoms with Gasteiger partial charge in [-0.05, 0) is 0 Å². The van der Waals surface area contributed by atoms with Crippen molar-refractivity contribution < 1.29 is 4.79 Å². The fourth-order valence-electron chi connectivity index (χ4n) is 2.85. The van der Waals surface area contributed by atoms with Gasteiger partial charge in [-0.25, -0.2) is 0 Å². The molecule has 4 rings (SSSR count). The van der Waals surface area contributed by atoms with Gasteiger partial charge in [0.05, 0.1) is 0 Å². The van der Waals surface area contributed by atoms with Crippen molar-refractivity contribution in [1.82, 2.24) is 0 Å². The van der Waals surface area contributed by atoms with E-state index in [-0.39, 0.29) is 20.9 Å². The molecule has 0 radical (unpaired) electrons. The molecule has 1 aliphatic rings. The minimum atomic E-state index is 0.0627. The Hall–Kier alpha value is -2.06. The molecular weight excluding hydrogens is 385 g/mol. The summed E-state index contributed by atoms with van der Waals surface area (Å²) in [5.74, 6) is 0.0627. The van der Waals surface area contributed by atoms with E-state index in [0.717, 1.165) is 16.9 Å². The number of benzene rings is 3. The fourth-order valence-corrected chi connectivity index (χ4v) is 5.19. The van der Waals surface area contributed by atoms with E-state index in [1.807, 2.05) is 71.6 Å². The first kappa shape index (κ1) is 15.5. The van der Waals surface area contributed by atoms with Crippen LogP contribution in [-0.2, 0) is 11.2 Å². The summed E-state index contributed by atoms with van der Waals surface area (Å²) >= 11 is 6.38. The first-order valence-corrected chi connectivity index (χ1v) is 9.75. The molecule has 0 aromatic heterocycles. The normalized spacial score (nSPS) is 12.5. The summed E-state index contributed by atoms with van der Waals surface area (Å²) in [6.45, 7) is 0. The van der Waals surface area contributed by atoms with Gasteiger partial charge in [0.25, 0.3) is 0 Å². The second-order valence-electron chi connectivity index (χ2n) is 5.57. The number of hydrogen-bond donors (Lipinski definition) is 0. The molecule has 1 heterocycles. The molecule has 2 nitrogen and oxygen atoms in total. The van der Waals surface area contributed by atoms with Gasteiger partial charge in [0.15, 0.2) is 0 Å². The van der Waals surface area contributed by atoms with Crippen molar-refractivity contribution in [2.45, 2.75) is 6.42 Å². The van der Waals surface area contributed by atoms with Crippen LogP contribution in [0.5, 0.6) is 0 Å². The van der Waals surface area contributed by atoms with Gasteiger partial charge >= 0.3 is 152 Å². The standard InChI is InChI=1S/C20H14ClNOSe/c21-15-10-11-19-17(13-15)22(16-8-4-5-9-18(16)24-19)20(23)12-14-6-2-1-3-7-14/h1-11,13H,12H2. The number of carbonyl (C=O) groups excluding carboxylic acids is 1. The van der Waals surface area contributed by atoms with Crippen LogP contribution in [0.3, 0.4) is 0 Å². The van der Waals surface area contributed by atoms with Gasteiger partial charge in [0, 0.05) is 0 Å². The summed E-state index contributed by atoms with van der Waals surface area (Å²) in [5, 5.41) is 0.654. The molecule has 3 aromatic rings. The monoisotopic (exact) mass is 399 g/mol. The van der Waals surface area contributed by atoms with Crippen LogP contribution in [0.2, 0.25) is 5.02 Å². The molecule has 3 aromatic carbocycles. The van der Waals surface area contributed by atoms with Crippen molar-refractivity contribution in [3.63, 3.8) is 0 Å². The van der Waals surface area contributed by atoms with Crippen molar-refractivity contribution in [2.24, 2.45) is 0 Å². The molecule has 118 valence electrons. The van der Waals surface area contributed by atoms with Gasteiger partial charge in [-0.2, -0.15) is 0 Å². The zero-order valence-electron chi connectivity index (χ0n) is 12.8. The molecule has 0 aliphatic carbocycles. The number of nitrogens with zero attached hydrogens (tertiary/aromatic N) is 1. The van der Waals surface area contributed by atoms with Crippen LogP contribution in [-0.4, -0.2) is 20.9 Å². The van der Waals surface area contributed by atoms with Gasteiger partial charge < -0.3 is 0 Å². The third-order valence-electron chi connectivity index (χ3n) is 3.94. The molecule has 0 atom stereocenters. The molecule has 0 fully saturated rings. The number of fused-ring (bicyclic) bond motifs is 2. The number of rotatable bonds is 2. The Morgan fingerprint density at radius 3 is 2.42 bits per heavy atom. The zero-order chi connectivity index (χ0) is 16.5. The third kappa shape index (κ3) is 2.87. The molecule has 0 unspecified atom stereocenters. The predicted octanol–water partition coefficient (Wildman–Crippen LogP) is 3.22. The number of para-hydroxylation sites is 1. The van der Waals surface area contributed by atoms with E-state index in [4.69, 9.17) is 11.6 Å². The van der Waals surface area contributed by atoms with Crippen molar-refractivity contribution in [3.05, 3.63) is 83.4 Å². The number of amides is 1. The Bertz CT molecular complexity index is 911. The van der Waals surface area contributed by atoms with E-state index in [2.05, 4.69) is 6.07 Å². The maximum absolute atomic E-state index is 13.1. The van der Waals surface area contributed by atoms with E-state index in [0.29, 0.717) is 11.4 Å². The van der Waals surface area contributed by atoms with Crippen molar-refractivity contribution in [3.8, 4) is 0 Å². The van der Waals surface area contributed by atoms with Gasteiger partial charge in [-0.1, -0.05) is 0 Å². The summed E-state index contributed by atoms with van der Waals surface area (Å²) in [6, 6.07) is 23.8. The van der Waals surface area contributed by atoms with E-state index in [9.17, 15) is 4.79 Å². The van der Waals surface area contributed by atoms with Gasteiger partial charge in [0.2, 0.25) is 0 Å². The minimum absolute atomic E-state index is 0.0627. The van der Waals surface area contributed by atoms with E-state index in [1.165, 1.54) is 8.92 Å². The quantitative estimate of drug-likeness (QED) is 0.607. The van der Waals surface area contributed by atoms with Crippen LogP contribution in [0, 0.1) is 0 Å². The summed E-state index contributed by atoms with van der Waals surface area (Å²) in [6.07, 6.45) is 0.369. The molecule has 0 spiro atoms. The van der Waals surface area contributed by atoms with Crippen LogP contribution in [0.4, 0.5) is 11.4 Å². The Balaban J connectivity index is 1.79. The van der Waals surface area contributed by atoms with E-state index >= 15 is 0 Å². The van der Waals surface area contributed by atoms with Crippen molar-refractivity contribution in [1.29, 1.82) is 0 Å². The van der Waals surface area contributed by atoms with Crippen LogP contribution >= 0.6 is 11.6 Å². The van der Waals surface area contributed by atoms with Crippen molar-refractivity contribution in [2.75, 3.05) is 4.90 Å². The molecule has 0 saturated carbocycles. The molecule has 0 saturated heterocycles. The molecular formula is C20H14ClNOSe. The van der Waals surface area contributed by atoms with Gasteiger partial charge in [-0.15, -0.1) is 0 Å². The molecule has 24 heavy (non-hydrogen) atoms. The maximum atomic E-state index is 13.1. The molecule has 0 bridgehead atoms. The first-order valence-electron chi connectivity index (χ1n) is 7.66. The topological polar surface area (TPSA) is 20.3 Å². The van der Waals surface area contributed by atoms with Crippen LogP contribution in [0.25, 0.3) is 0 Å². The Kier molecular flexibility index (Phi) is 4.15. The average molecular weight is 399 g/mol. The number of carbonyl (C=O) groups is 1. The Morgan fingerprint density at radius 2 is 1.58 bits per heavy atom. The second-order valence-corrected chi connectivity index (χ2v) is 8.28. The number of halogens is 1. The average Bonchev–Trinajstić information content (AvgIpc) is 2.60. The Labute approximate surface area is 152 Å². The number of anilines is 2. The van der Waals surface area contributed by atoms with Crippen LogP contribution < -0.4 is 13.8 Å². The molecule has 1 aliphatic heterocycles. The van der Waals surface area contributed by atoms with Gasteiger partial charge in [0.1, 0.15) is 0 Å². The zero-order valence-corrected chi connectivity index (χ0v) is 15.2. The first-order chi connectivity index (χ1) is 11.7. The van der Waals surface area contributed by atoms with Crippen molar-refractivity contribution >= 4 is 52.8 Å².